The van der Waals surface area contributed by atoms with Gasteiger partial charge >= 0.3 is 5.97 Å². The average Bonchev–Trinajstić information content (AvgIpc) is 3.33. The van der Waals surface area contributed by atoms with E-state index in [0.717, 1.165) is 23.1 Å². The van der Waals surface area contributed by atoms with E-state index in [2.05, 4.69) is 22.1 Å². The number of hydrogen-bond acceptors (Lipinski definition) is 8. The lowest BCUT2D eigenvalue weighted by atomic mass is 10.1. The van der Waals surface area contributed by atoms with E-state index in [9.17, 15) is 14.4 Å². The van der Waals surface area contributed by atoms with Crippen LogP contribution in [-0.2, 0) is 16.1 Å². The number of halogens is 1. The Morgan fingerprint density at radius 2 is 2.06 bits per heavy atom. The molecule has 34 heavy (non-hydrogen) atoms. The fourth-order valence-electron chi connectivity index (χ4n) is 3.11. The number of ether oxygens (including phenoxy) is 1. The van der Waals surface area contributed by atoms with Gasteiger partial charge in [-0.3, -0.25) is 14.2 Å². The number of nitrogens with two attached hydrogens (primary N) is 1. The van der Waals surface area contributed by atoms with Crippen LogP contribution in [0.4, 0.5) is 5.00 Å². The monoisotopic (exact) mass is 519 g/mol. The lowest BCUT2D eigenvalue weighted by molar-refractivity contribution is -0.113. The van der Waals surface area contributed by atoms with Crippen LogP contribution in [0.2, 0.25) is 5.02 Å². The molecule has 2 aromatic heterocycles. The van der Waals surface area contributed by atoms with Crippen LogP contribution in [-0.4, -0.2) is 44.9 Å². The molecule has 0 aliphatic heterocycles. The van der Waals surface area contributed by atoms with Gasteiger partial charge in [0.25, 0.3) is 5.91 Å². The minimum absolute atomic E-state index is 0.0249. The van der Waals surface area contributed by atoms with Crippen LogP contribution in [0, 0.1) is 6.92 Å². The first-order valence-corrected chi connectivity index (χ1v) is 12.3. The highest BCUT2D eigenvalue weighted by molar-refractivity contribution is 7.99. The molecule has 1 aromatic carbocycles. The van der Waals surface area contributed by atoms with Gasteiger partial charge in [0.2, 0.25) is 5.91 Å². The lowest BCUT2D eigenvalue weighted by Gasteiger charge is -2.09. The summed E-state index contributed by atoms with van der Waals surface area (Å²) in [5, 5.41) is 12.4. The smallest absolute Gasteiger partial charge is 0.341 e. The molecule has 3 N–H and O–H groups in total. The SMILES string of the molecule is C=CCn1c(SCC(=O)Nc2sc(C(N)=O)c(C)c2C(=O)OCC)nnc1-c1ccccc1Cl. The van der Waals surface area contributed by atoms with Crippen molar-refractivity contribution in [3.05, 3.63) is 57.9 Å². The summed E-state index contributed by atoms with van der Waals surface area (Å²) in [6.45, 7) is 7.59. The fourth-order valence-corrected chi connectivity index (χ4v) is 5.14. The van der Waals surface area contributed by atoms with Crippen molar-refractivity contribution < 1.29 is 19.1 Å². The number of nitrogens with one attached hydrogen (secondary N) is 1. The first kappa shape index (κ1) is 25.5. The van der Waals surface area contributed by atoms with Crippen LogP contribution in [0.25, 0.3) is 11.4 Å². The molecular formula is C22H22ClN5O4S2. The maximum absolute atomic E-state index is 12.7. The van der Waals surface area contributed by atoms with E-state index >= 15 is 0 Å². The van der Waals surface area contributed by atoms with Gasteiger partial charge in [-0.05, 0) is 31.5 Å². The number of esters is 1. The summed E-state index contributed by atoms with van der Waals surface area (Å²) in [5.74, 6) is -1.20. The van der Waals surface area contributed by atoms with Crippen LogP contribution in [0.15, 0.2) is 42.1 Å². The van der Waals surface area contributed by atoms with E-state index in [4.69, 9.17) is 22.1 Å². The third-order valence-corrected chi connectivity index (χ3v) is 7.10. The number of nitrogens with zero attached hydrogens (tertiary/aromatic N) is 3. The van der Waals surface area contributed by atoms with Gasteiger partial charge in [-0.25, -0.2) is 4.79 Å². The molecule has 0 unspecified atom stereocenters. The summed E-state index contributed by atoms with van der Waals surface area (Å²) < 4.78 is 6.87. The second-order valence-corrected chi connectivity index (χ2v) is 9.24. The van der Waals surface area contributed by atoms with Crippen molar-refractivity contribution >= 4 is 57.5 Å². The zero-order valence-corrected chi connectivity index (χ0v) is 20.9. The van der Waals surface area contributed by atoms with Crippen LogP contribution >= 0.6 is 34.7 Å². The molecule has 9 nitrogen and oxygen atoms in total. The van der Waals surface area contributed by atoms with Gasteiger partial charge in [-0.15, -0.1) is 28.1 Å². The van der Waals surface area contributed by atoms with E-state index in [1.807, 2.05) is 18.2 Å². The molecule has 0 saturated heterocycles. The second kappa shape index (κ2) is 11.3. The molecule has 0 saturated carbocycles. The number of carbonyl (C=O) groups excluding carboxylic acids is 3. The van der Waals surface area contributed by atoms with Gasteiger partial charge in [0.1, 0.15) is 5.00 Å². The van der Waals surface area contributed by atoms with E-state index in [1.165, 1.54) is 0 Å². The summed E-state index contributed by atoms with van der Waals surface area (Å²) in [6, 6.07) is 7.26. The van der Waals surface area contributed by atoms with Gasteiger partial charge in [0.15, 0.2) is 11.0 Å². The molecule has 12 heteroatoms. The van der Waals surface area contributed by atoms with Crippen molar-refractivity contribution in [2.75, 3.05) is 17.7 Å². The number of aromatic nitrogens is 3. The number of thiophene rings is 1. The molecule has 0 bridgehead atoms. The summed E-state index contributed by atoms with van der Waals surface area (Å²) in [6.07, 6.45) is 1.69. The molecule has 0 aliphatic rings. The number of thioether (sulfide) groups is 1. The molecule has 2 heterocycles. The normalized spacial score (nSPS) is 10.7. The Kier molecular flexibility index (Phi) is 8.48. The molecular weight excluding hydrogens is 498 g/mol. The zero-order valence-electron chi connectivity index (χ0n) is 18.5. The van der Waals surface area contributed by atoms with Crippen molar-refractivity contribution in [1.82, 2.24) is 14.8 Å². The van der Waals surface area contributed by atoms with Crippen molar-refractivity contribution in [2.45, 2.75) is 25.5 Å². The topological polar surface area (TPSA) is 129 Å². The first-order valence-electron chi connectivity index (χ1n) is 10.1. The molecule has 3 aromatic rings. The Hall–Kier alpha value is -3.15. The summed E-state index contributed by atoms with van der Waals surface area (Å²) in [5.41, 5.74) is 6.61. The highest BCUT2D eigenvalue weighted by atomic mass is 35.5. The Morgan fingerprint density at radius 1 is 1.32 bits per heavy atom. The maximum atomic E-state index is 12.7. The lowest BCUT2D eigenvalue weighted by Crippen LogP contribution is -2.17. The Bertz CT molecular complexity index is 1250. The number of carbonyl (C=O) groups is 3. The largest absolute Gasteiger partial charge is 0.462 e. The van der Waals surface area contributed by atoms with Gasteiger partial charge < -0.3 is 15.8 Å². The van der Waals surface area contributed by atoms with Crippen molar-refractivity contribution in [1.29, 1.82) is 0 Å². The van der Waals surface area contributed by atoms with Crippen LogP contribution in [0.1, 0.15) is 32.5 Å². The number of primary amides is 1. The molecule has 0 atom stereocenters. The molecule has 3 rings (SSSR count). The predicted molar refractivity (Wildman–Crippen MR) is 134 cm³/mol. The van der Waals surface area contributed by atoms with Crippen LogP contribution in [0.5, 0.6) is 0 Å². The number of rotatable bonds is 10. The molecule has 0 fully saturated rings. The highest BCUT2D eigenvalue weighted by Crippen LogP contribution is 2.34. The Balaban J connectivity index is 1.80. The summed E-state index contributed by atoms with van der Waals surface area (Å²) in [7, 11) is 0. The number of hydrogen-bond donors (Lipinski definition) is 2. The first-order chi connectivity index (χ1) is 16.3. The maximum Gasteiger partial charge on any atom is 0.341 e. The number of amides is 2. The van der Waals surface area contributed by atoms with Crippen LogP contribution < -0.4 is 11.1 Å². The second-order valence-electron chi connectivity index (χ2n) is 6.87. The number of allylic oxidation sites excluding steroid dienone is 1. The molecule has 2 amide bonds. The molecule has 178 valence electrons. The standard InChI is InChI=1S/C22H22ClN5O4S2/c1-4-10-28-19(13-8-6-7-9-14(13)23)26-27-22(28)33-11-15(29)25-20-16(21(31)32-5-2)12(3)17(34-20)18(24)30/h4,6-9H,1,5,10-11H2,2-3H3,(H2,24,30)(H,25,29). The van der Waals surface area contributed by atoms with E-state index in [-0.39, 0.29) is 27.8 Å². The van der Waals surface area contributed by atoms with Crippen molar-refractivity contribution in [3.8, 4) is 11.4 Å². The van der Waals surface area contributed by atoms with Crippen LogP contribution in [0.3, 0.4) is 0 Å². The van der Waals surface area contributed by atoms with Crippen molar-refractivity contribution in [3.63, 3.8) is 0 Å². The number of benzene rings is 1. The van der Waals surface area contributed by atoms with Crippen molar-refractivity contribution in [2.24, 2.45) is 5.73 Å². The van der Waals surface area contributed by atoms with Gasteiger partial charge in [0, 0.05) is 12.1 Å². The molecule has 0 aliphatic carbocycles. The quantitative estimate of drug-likeness (QED) is 0.234. The third kappa shape index (κ3) is 5.49. The Morgan fingerprint density at radius 3 is 2.71 bits per heavy atom. The average molecular weight is 520 g/mol. The Labute approximate surface area is 209 Å². The van der Waals surface area contributed by atoms with Gasteiger partial charge in [-0.1, -0.05) is 41.6 Å². The van der Waals surface area contributed by atoms with E-state index in [0.29, 0.717) is 33.7 Å². The predicted octanol–water partition coefficient (Wildman–Crippen LogP) is 4.16. The number of anilines is 1. The fraction of sp³-hybridized carbons (Fsp3) is 0.227. The third-order valence-electron chi connectivity index (χ3n) is 4.58. The minimum atomic E-state index is -0.687. The molecule has 0 radical (unpaired) electrons. The molecule has 0 spiro atoms. The van der Waals surface area contributed by atoms with E-state index in [1.54, 1.807) is 30.6 Å². The zero-order chi connectivity index (χ0) is 24.8. The highest BCUT2D eigenvalue weighted by Gasteiger charge is 2.26. The minimum Gasteiger partial charge on any atom is -0.462 e. The van der Waals surface area contributed by atoms with Gasteiger partial charge in [0.05, 0.1) is 27.8 Å². The summed E-state index contributed by atoms with van der Waals surface area (Å²) >= 11 is 8.41. The van der Waals surface area contributed by atoms with E-state index < -0.39 is 17.8 Å². The summed E-state index contributed by atoms with van der Waals surface area (Å²) in [4.78, 5) is 37.0. The van der Waals surface area contributed by atoms with Gasteiger partial charge in [-0.2, -0.15) is 0 Å².